The number of amides is 3. The predicted molar refractivity (Wildman–Crippen MR) is 171 cm³/mol. The van der Waals surface area contributed by atoms with Crippen LogP contribution in [-0.2, 0) is 19.1 Å². The Labute approximate surface area is 272 Å². The van der Waals surface area contributed by atoms with E-state index in [1.165, 1.54) is 23.1 Å². The topological polar surface area (TPSA) is 168 Å². The highest BCUT2D eigenvalue weighted by Gasteiger charge is 2.32. The summed E-state index contributed by atoms with van der Waals surface area (Å²) < 4.78 is 10.5. The number of hydrogen-bond donors (Lipinski definition) is 2. The lowest BCUT2D eigenvalue weighted by atomic mass is 10.1. The Morgan fingerprint density at radius 2 is 1.53 bits per heavy atom. The van der Waals surface area contributed by atoms with Gasteiger partial charge >= 0.3 is 18.0 Å². The molecule has 0 saturated carbocycles. The van der Waals surface area contributed by atoms with Gasteiger partial charge in [-0.3, -0.25) is 14.4 Å². The Bertz CT molecular complexity index is 1600. The zero-order valence-electron chi connectivity index (χ0n) is 26.9. The molecule has 1 aliphatic rings. The molecule has 3 amide bonds. The number of benzene rings is 2. The molecule has 0 radical (unpaired) electrons. The highest BCUT2D eigenvalue weighted by atomic mass is 16.6. The van der Waals surface area contributed by atoms with Gasteiger partial charge in [0.2, 0.25) is 5.91 Å². The van der Waals surface area contributed by atoms with E-state index in [1.54, 1.807) is 69.0 Å². The van der Waals surface area contributed by atoms with E-state index in [0.717, 1.165) is 0 Å². The second-order valence-electron chi connectivity index (χ2n) is 11.9. The molecule has 2 aromatic carbocycles. The zero-order chi connectivity index (χ0) is 34.1. The Morgan fingerprint density at radius 1 is 0.894 bits per heavy atom. The van der Waals surface area contributed by atoms with Gasteiger partial charge in [0.25, 0.3) is 5.91 Å². The quantitative estimate of drug-likeness (QED) is 0.307. The van der Waals surface area contributed by atoms with Gasteiger partial charge in [-0.2, -0.15) is 0 Å². The molecule has 2 N–H and O–H groups in total. The Morgan fingerprint density at radius 3 is 2.13 bits per heavy atom. The molecule has 0 spiro atoms. The van der Waals surface area contributed by atoms with Gasteiger partial charge < -0.3 is 29.7 Å². The van der Waals surface area contributed by atoms with Crippen molar-refractivity contribution in [2.45, 2.75) is 52.2 Å². The summed E-state index contributed by atoms with van der Waals surface area (Å²) in [4.78, 5) is 75.9. The Kier molecular flexibility index (Phi) is 11.2. The third kappa shape index (κ3) is 9.58. The summed E-state index contributed by atoms with van der Waals surface area (Å²) >= 11 is 0. The fraction of sp³-hybridized carbons (Fsp3) is 0.382. The second kappa shape index (κ2) is 15.3. The van der Waals surface area contributed by atoms with Crippen molar-refractivity contribution in [2.75, 3.05) is 32.8 Å². The summed E-state index contributed by atoms with van der Waals surface area (Å²) in [5.41, 5.74) is 0.907. The molecule has 1 aromatic heterocycles. The number of carboxylic acid groups (broad SMARTS) is 1. The summed E-state index contributed by atoms with van der Waals surface area (Å²) in [6.07, 6.45) is -0.616. The number of nitrogens with zero attached hydrogens (tertiary/aromatic N) is 4. The lowest BCUT2D eigenvalue weighted by molar-refractivity contribution is -0.155. The summed E-state index contributed by atoms with van der Waals surface area (Å²) in [7, 11) is 0. The SMILES string of the molecule is CCOC(=O)N1CCN(C(=O)C(CCC(=O)OC(C)(C)C)NC(=O)c2cc(-c3ccc(C(=O)O)cc3)nc(-c3ccccc3)n2)CC1. The number of aromatic carboxylic acids is 1. The lowest BCUT2D eigenvalue weighted by Crippen LogP contribution is -2.56. The Hall–Kier alpha value is -5.33. The van der Waals surface area contributed by atoms with Crippen LogP contribution in [-0.4, -0.2) is 99.1 Å². The van der Waals surface area contributed by atoms with Crippen LogP contribution in [0.2, 0.25) is 0 Å². The number of ether oxygens (including phenoxy) is 2. The molecule has 1 fully saturated rings. The number of carbonyl (C=O) groups excluding carboxylic acids is 4. The molecule has 47 heavy (non-hydrogen) atoms. The average molecular weight is 646 g/mol. The van der Waals surface area contributed by atoms with E-state index in [9.17, 15) is 29.1 Å². The Balaban J connectivity index is 1.61. The minimum absolute atomic E-state index is 0.0293. The average Bonchev–Trinajstić information content (AvgIpc) is 3.05. The normalized spacial score (nSPS) is 13.8. The largest absolute Gasteiger partial charge is 0.478 e. The highest BCUT2D eigenvalue weighted by molar-refractivity contribution is 5.97. The van der Waals surface area contributed by atoms with E-state index in [1.807, 2.05) is 6.07 Å². The summed E-state index contributed by atoms with van der Waals surface area (Å²) in [6.45, 7) is 8.13. The van der Waals surface area contributed by atoms with Crippen LogP contribution in [0, 0.1) is 0 Å². The van der Waals surface area contributed by atoms with Crippen molar-refractivity contribution in [1.82, 2.24) is 25.1 Å². The molecule has 0 bridgehead atoms. The molecule has 13 nitrogen and oxygen atoms in total. The first-order chi connectivity index (χ1) is 22.3. The molecule has 248 valence electrons. The van der Waals surface area contributed by atoms with Crippen molar-refractivity contribution in [3.63, 3.8) is 0 Å². The lowest BCUT2D eigenvalue weighted by Gasteiger charge is -2.36. The van der Waals surface area contributed by atoms with Gasteiger partial charge in [-0.25, -0.2) is 19.6 Å². The molecule has 3 aromatic rings. The van der Waals surface area contributed by atoms with Crippen LogP contribution >= 0.6 is 0 Å². The third-order valence-corrected chi connectivity index (χ3v) is 7.20. The van der Waals surface area contributed by atoms with Gasteiger partial charge in [0.1, 0.15) is 17.3 Å². The number of carbonyl (C=O) groups is 5. The molecule has 1 atom stereocenters. The highest BCUT2D eigenvalue weighted by Crippen LogP contribution is 2.24. The van der Waals surface area contributed by atoms with Gasteiger partial charge in [-0.1, -0.05) is 42.5 Å². The molecular formula is C34H39N5O8. The van der Waals surface area contributed by atoms with Gasteiger partial charge in [-0.15, -0.1) is 0 Å². The van der Waals surface area contributed by atoms with Crippen molar-refractivity contribution < 1.29 is 38.6 Å². The van der Waals surface area contributed by atoms with E-state index in [-0.39, 0.29) is 62.7 Å². The van der Waals surface area contributed by atoms with E-state index >= 15 is 0 Å². The van der Waals surface area contributed by atoms with Crippen LogP contribution < -0.4 is 5.32 Å². The van der Waals surface area contributed by atoms with Gasteiger partial charge in [0.05, 0.1) is 17.9 Å². The van der Waals surface area contributed by atoms with Crippen LogP contribution in [0.3, 0.4) is 0 Å². The fourth-order valence-corrected chi connectivity index (χ4v) is 4.90. The van der Waals surface area contributed by atoms with Crippen LogP contribution in [0.1, 0.15) is 61.4 Å². The standard InChI is InChI=1S/C34H39N5O8/c1-5-46-33(45)39-19-17-38(18-20-39)31(42)25(15-16-28(40)47-34(2,3)4)37-30(41)27-21-26(22-11-13-24(14-12-22)32(43)44)35-29(36-27)23-9-7-6-8-10-23/h6-14,21,25H,5,15-20H2,1-4H3,(H,37,41)(H,43,44). The maximum atomic E-state index is 13.8. The van der Waals surface area contributed by atoms with E-state index in [4.69, 9.17) is 9.47 Å². The van der Waals surface area contributed by atoms with Crippen molar-refractivity contribution in [3.05, 3.63) is 71.9 Å². The van der Waals surface area contributed by atoms with Crippen molar-refractivity contribution in [3.8, 4) is 22.6 Å². The maximum absolute atomic E-state index is 13.8. The van der Waals surface area contributed by atoms with Crippen LogP contribution in [0.25, 0.3) is 22.6 Å². The summed E-state index contributed by atoms with van der Waals surface area (Å²) in [6, 6.07) is 15.4. The summed E-state index contributed by atoms with van der Waals surface area (Å²) in [5, 5.41) is 12.1. The molecule has 13 heteroatoms. The van der Waals surface area contributed by atoms with Crippen molar-refractivity contribution in [1.29, 1.82) is 0 Å². The fourth-order valence-electron chi connectivity index (χ4n) is 4.90. The van der Waals surface area contributed by atoms with E-state index in [2.05, 4.69) is 15.3 Å². The zero-order valence-corrected chi connectivity index (χ0v) is 26.9. The molecular weight excluding hydrogens is 606 g/mol. The van der Waals surface area contributed by atoms with E-state index in [0.29, 0.717) is 16.8 Å². The van der Waals surface area contributed by atoms with Crippen LogP contribution in [0.4, 0.5) is 4.79 Å². The van der Waals surface area contributed by atoms with Crippen LogP contribution in [0.5, 0.6) is 0 Å². The van der Waals surface area contributed by atoms with Crippen LogP contribution in [0.15, 0.2) is 60.7 Å². The predicted octanol–water partition coefficient (Wildman–Crippen LogP) is 4.03. The number of esters is 1. The number of piperazine rings is 1. The molecule has 2 heterocycles. The smallest absolute Gasteiger partial charge is 0.409 e. The number of carboxylic acids is 1. The molecule has 1 saturated heterocycles. The third-order valence-electron chi connectivity index (χ3n) is 7.20. The number of aromatic nitrogens is 2. The maximum Gasteiger partial charge on any atom is 0.409 e. The molecule has 0 aliphatic carbocycles. The number of hydrogen-bond acceptors (Lipinski definition) is 9. The minimum Gasteiger partial charge on any atom is -0.478 e. The molecule has 1 unspecified atom stereocenters. The molecule has 4 rings (SSSR count). The molecule has 1 aliphatic heterocycles. The summed E-state index contributed by atoms with van der Waals surface area (Å²) in [5.74, 6) is -2.42. The first-order valence-electron chi connectivity index (χ1n) is 15.4. The van der Waals surface area contributed by atoms with Gasteiger partial charge in [0.15, 0.2) is 5.82 Å². The van der Waals surface area contributed by atoms with Gasteiger partial charge in [-0.05, 0) is 52.3 Å². The number of nitrogens with one attached hydrogen (secondary N) is 1. The van der Waals surface area contributed by atoms with E-state index < -0.39 is 41.5 Å². The minimum atomic E-state index is -1.10. The van der Waals surface area contributed by atoms with Gasteiger partial charge in [0, 0.05) is 43.7 Å². The first kappa shape index (κ1) is 34.5. The van der Waals surface area contributed by atoms with Crippen molar-refractivity contribution in [2.24, 2.45) is 0 Å². The first-order valence-corrected chi connectivity index (χ1v) is 15.4. The number of rotatable bonds is 10. The second-order valence-corrected chi connectivity index (χ2v) is 11.9. The van der Waals surface area contributed by atoms with Crippen molar-refractivity contribution >= 4 is 29.8 Å². The monoisotopic (exact) mass is 645 g/mol.